The number of hydrogen-bond donors (Lipinski definition) is 1. The van der Waals surface area contributed by atoms with Gasteiger partial charge in [-0.3, -0.25) is 9.13 Å². The molecule has 0 aliphatic carbocycles. The quantitative estimate of drug-likeness (QED) is 0.657. The van der Waals surface area contributed by atoms with Crippen LogP contribution in [0, 0.1) is 0 Å². The van der Waals surface area contributed by atoms with E-state index in [-0.39, 0.29) is 18.8 Å². The zero-order valence-corrected chi connectivity index (χ0v) is 15.5. The molecule has 0 bridgehead atoms. The lowest BCUT2D eigenvalue weighted by atomic mass is 10.2. The molecule has 0 spiro atoms. The van der Waals surface area contributed by atoms with Crippen molar-refractivity contribution in [2.45, 2.75) is 39.1 Å². The highest BCUT2D eigenvalue weighted by Crippen LogP contribution is 2.16. The van der Waals surface area contributed by atoms with Gasteiger partial charge in [0.15, 0.2) is 0 Å². The largest absolute Gasteiger partial charge is 0.389 e. The van der Waals surface area contributed by atoms with Crippen LogP contribution in [0.1, 0.15) is 18.9 Å². The van der Waals surface area contributed by atoms with Gasteiger partial charge in [-0.1, -0.05) is 48.9 Å². The van der Waals surface area contributed by atoms with Gasteiger partial charge in [-0.2, -0.15) is 0 Å². The van der Waals surface area contributed by atoms with Crippen LogP contribution in [0.2, 0.25) is 5.02 Å². The number of aliphatic hydroxyl groups excluding tert-OH is 1. The van der Waals surface area contributed by atoms with E-state index in [1.165, 1.54) is 0 Å². The topological polar surface area (TPSA) is 56.4 Å². The van der Waals surface area contributed by atoms with E-state index in [0.717, 1.165) is 23.0 Å². The summed E-state index contributed by atoms with van der Waals surface area (Å²) in [4.78, 5) is 12.7. The van der Waals surface area contributed by atoms with Crippen molar-refractivity contribution in [2.75, 3.05) is 6.61 Å². The molecule has 2 aromatic carbocycles. The molecule has 1 heterocycles. The van der Waals surface area contributed by atoms with E-state index >= 15 is 0 Å². The maximum Gasteiger partial charge on any atom is 0.329 e. The molecule has 1 aromatic heterocycles. The summed E-state index contributed by atoms with van der Waals surface area (Å²) in [7, 11) is 0. The van der Waals surface area contributed by atoms with Crippen molar-refractivity contribution in [2.24, 2.45) is 0 Å². The number of aromatic nitrogens is 2. The minimum Gasteiger partial charge on any atom is -0.389 e. The summed E-state index contributed by atoms with van der Waals surface area (Å²) in [6, 6.07) is 15.1. The van der Waals surface area contributed by atoms with Crippen LogP contribution in [-0.2, 0) is 24.4 Å². The first-order valence-electron chi connectivity index (χ1n) is 8.79. The molecule has 0 aliphatic rings. The third kappa shape index (κ3) is 4.01. The van der Waals surface area contributed by atoms with Crippen molar-refractivity contribution < 1.29 is 9.84 Å². The smallest absolute Gasteiger partial charge is 0.329 e. The third-order valence-corrected chi connectivity index (χ3v) is 4.66. The van der Waals surface area contributed by atoms with Crippen molar-refractivity contribution in [3.63, 3.8) is 0 Å². The fourth-order valence-electron chi connectivity index (χ4n) is 3.07. The molecule has 3 rings (SSSR count). The fraction of sp³-hybridized carbons (Fsp3) is 0.350. The number of aliphatic hydroxyl groups is 1. The van der Waals surface area contributed by atoms with Crippen molar-refractivity contribution >= 4 is 22.6 Å². The molecule has 0 unspecified atom stereocenters. The van der Waals surface area contributed by atoms with Gasteiger partial charge in [0.25, 0.3) is 0 Å². The zero-order chi connectivity index (χ0) is 18.5. The average molecular weight is 375 g/mol. The van der Waals surface area contributed by atoms with Gasteiger partial charge in [-0.25, -0.2) is 4.79 Å². The van der Waals surface area contributed by atoms with Gasteiger partial charge in [0.1, 0.15) is 0 Å². The number of rotatable bonds is 8. The highest BCUT2D eigenvalue weighted by Gasteiger charge is 2.15. The molecule has 1 atom stereocenters. The molecular formula is C20H23ClN2O3. The summed E-state index contributed by atoms with van der Waals surface area (Å²) < 4.78 is 8.96. The lowest BCUT2D eigenvalue weighted by Crippen LogP contribution is -2.30. The summed E-state index contributed by atoms with van der Waals surface area (Å²) in [5.41, 5.74) is 2.50. The highest BCUT2D eigenvalue weighted by atomic mass is 35.5. The normalized spacial score (nSPS) is 12.6. The van der Waals surface area contributed by atoms with Crippen LogP contribution in [0.3, 0.4) is 0 Å². The van der Waals surface area contributed by atoms with Gasteiger partial charge in [0, 0.05) is 11.6 Å². The van der Waals surface area contributed by atoms with E-state index in [4.69, 9.17) is 16.3 Å². The zero-order valence-electron chi connectivity index (χ0n) is 14.8. The van der Waals surface area contributed by atoms with Crippen LogP contribution in [0.15, 0.2) is 53.3 Å². The lowest BCUT2D eigenvalue weighted by Gasteiger charge is -2.13. The Labute approximate surface area is 157 Å². The van der Waals surface area contributed by atoms with E-state index in [1.54, 1.807) is 15.2 Å². The molecule has 5 nitrogen and oxygen atoms in total. The first-order chi connectivity index (χ1) is 12.6. The second-order valence-electron chi connectivity index (χ2n) is 6.29. The summed E-state index contributed by atoms with van der Waals surface area (Å²) in [6.07, 6.45) is 0.0910. The predicted octanol–water partition coefficient (Wildman–Crippen LogP) is 3.44. The molecule has 0 fully saturated rings. The van der Waals surface area contributed by atoms with E-state index in [0.29, 0.717) is 18.2 Å². The van der Waals surface area contributed by atoms with Gasteiger partial charge < -0.3 is 9.84 Å². The van der Waals surface area contributed by atoms with E-state index in [2.05, 4.69) is 0 Å². The Bertz CT molecular complexity index is 932. The fourth-order valence-corrected chi connectivity index (χ4v) is 3.26. The second-order valence-corrected chi connectivity index (χ2v) is 6.70. The first kappa shape index (κ1) is 18.7. The number of aryl methyl sites for hydroxylation is 1. The molecule has 0 aliphatic heterocycles. The van der Waals surface area contributed by atoms with Crippen molar-refractivity contribution in [1.82, 2.24) is 9.13 Å². The maximum atomic E-state index is 12.7. The Hall–Kier alpha value is -2.08. The Balaban J connectivity index is 1.69. The van der Waals surface area contributed by atoms with Crippen LogP contribution in [0.25, 0.3) is 11.0 Å². The average Bonchev–Trinajstić information content (AvgIpc) is 2.90. The molecule has 0 amide bonds. The number of benzene rings is 2. The maximum absolute atomic E-state index is 12.7. The van der Waals surface area contributed by atoms with Crippen molar-refractivity contribution in [1.29, 1.82) is 0 Å². The summed E-state index contributed by atoms with van der Waals surface area (Å²) in [6.45, 7) is 3.34. The Morgan fingerprint density at radius 2 is 1.73 bits per heavy atom. The van der Waals surface area contributed by atoms with E-state index in [1.807, 2.05) is 49.4 Å². The Kier molecular flexibility index (Phi) is 6.14. The van der Waals surface area contributed by atoms with Crippen LogP contribution >= 0.6 is 11.6 Å². The molecule has 6 heteroatoms. The van der Waals surface area contributed by atoms with E-state index in [9.17, 15) is 9.90 Å². The second kappa shape index (κ2) is 8.54. The Morgan fingerprint density at radius 3 is 2.42 bits per heavy atom. The van der Waals surface area contributed by atoms with Gasteiger partial charge >= 0.3 is 5.69 Å². The number of fused-ring (bicyclic) bond motifs is 1. The number of ether oxygens (including phenoxy) is 1. The SMILES string of the molecule is CCCn1c(=O)n(C[C@@H](O)COCc2ccccc2Cl)c2ccccc21. The molecule has 0 saturated carbocycles. The number of hydrogen-bond acceptors (Lipinski definition) is 3. The van der Waals surface area contributed by atoms with Crippen LogP contribution < -0.4 is 5.69 Å². The lowest BCUT2D eigenvalue weighted by molar-refractivity contribution is 0.0204. The number of halogens is 1. The number of para-hydroxylation sites is 2. The molecule has 0 radical (unpaired) electrons. The first-order valence-corrected chi connectivity index (χ1v) is 9.17. The summed E-state index contributed by atoms with van der Waals surface area (Å²) in [5, 5.41) is 11.0. The van der Waals surface area contributed by atoms with Crippen LogP contribution in [0.5, 0.6) is 0 Å². The molecular weight excluding hydrogens is 352 g/mol. The van der Waals surface area contributed by atoms with Gasteiger partial charge in [0.05, 0.1) is 36.9 Å². The molecule has 26 heavy (non-hydrogen) atoms. The van der Waals surface area contributed by atoms with Crippen molar-refractivity contribution in [3.8, 4) is 0 Å². The molecule has 3 aromatic rings. The summed E-state index contributed by atoms with van der Waals surface area (Å²) in [5.74, 6) is 0. The standard InChI is InChI=1S/C20H23ClN2O3/c1-2-11-22-18-9-5-6-10-19(18)23(20(22)25)12-16(24)14-26-13-15-7-3-4-8-17(15)21/h3-10,16,24H,2,11-14H2,1H3/t16-/m1/s1. The molecule has 138 valence electrons. The van der Waals surface area contributed by atoms with Gasteiger partial charge in [-0.15, -0.1) is 0 Å². The molecule has 1 N–H and O–H groups in total. The van der Waals surface area contributed by atoms with E-state index < -0.39 is 6.10 Å². The van der Waals surface area contributed by atoms with Crippen molar-refractivity contribution in [3.05, 3.63) is 69.6 Å². The highest BCUT2D eigenvalue weighted by molar-refractivity contribution is 6.31. The van der Waals surface area contributed by atoms with Crippen LogP contribution in [-0.4, -0.2) is 27.0 Å². The molecule has 0 saturated heterocycles. The van der Waals surface area contributed by atoms with Crippen LogP contribution in [0.4, 0.5) is 0 Å². The summed E-state index contributed by atoms with van der Waals surface area (Å²) >= 11 is 6.10. The van der Waals surface area contributed by atoms with Gasteiger partial charge in [0.2, 0.25) is 0 Å². The van der Waals surface area contributed by atoms with Gasteiger partial charge in [-0.05, 0) is 30.2 Å². The number of nitrogens with zero attached hydrogens (tertiary/aromatic N) is 2. The number of imidazole rings is 1. The Morgan fingerprint density at radius 1 is 1.08 bits per heavy atom. The minimum absolute atomic E-state index is 0.0989. The minimum atomic E-state index is -0.781. The predicted molar refractivity (Wildman–Crippen MR) is 104 cm³/mol. The third-order valence-electron chi connectivity index (χ3n) is 4.29. The monoisotopic (exact) mass is 374 g/mol.